The van der Waals surface area contributed by atoms with Crippen LogP contribution in [0.15, 0.2) is 0 Å². The van der Waals surface area contributed by atoms with Crippen LogP contribution < -0.4 is 11.1 Å². The molecule has 4 heteroatoms. The van der Waals surface area contributed by atoms with E-state index in [1.807, 2.05) is 0 Å². The summed E-state index contributed by atoms with van der Waals surface area (Å²) in [5, 5.41) is 2.81. The van der Waals surface area contributed by atoms with E-state index in [2.05, 4.69) is 10.2 Å². The normalized spacial score (nSPS) is 22.6. The smallest absolute Gasteiger partial charge is 0.216 e. The molecule has 0 aromatic heterocycles. The van der Waals surface area contributed by atoms with E-state index in [-0.39, 0.29) is 5.91 Å². The predicted octanol–water partition coefficient (Wildman–Crippen LogP) is -0.207. The Morgan fingerprint density at radius 2 is 2.43 bits per heavy atom. The number of nitrogens with zero attached hydrogens (tertiary/aromatic N) is 1. The molecule has 1 unspecified atom stereocenters. The van der Waals surface area contributed by atoms with Gasteiger partial charge < -0.3 is 16.0 Å². The third-order valence-electron chi connectivity index (χ3n) is 2.75. The van der Waals surface area contributed by atoms with Crippen molar-refractivity contribution >= 4 is 5.91 Å². The zero-order chi connectivity index (χ0) is 10.4. The fourth-order valence-electron chi connectivity index (χ4n) is 1.98. The molecule has 0 aromatic rings. The molecule has 0 saturated carbocycles. The second-order valence-electron chi connectivity index (χ2n) is 4.02. The minimum atomic E-state index is 0.0581. The number of hydrogen-bond acceptors (Lipinski definition) is 3. The van der Waals surface area contributed by atoms with Crippen LogP contribution >= 0.6 is 0 Å². The number of carbonyl (C=O) groups is 1. The first-order valence-electron chi connectivity index (χ1n) is 5.39. The maximum atomic E-state index is 10.6. The fourth-order valence-corrected chi connectivity index (χ4v) is 1.98. The average molecular weight is 199 g/mol. The summed E-state index contributed by atoms with van der Waals surface area (Å²) < 4.78 is 0. The van der Waals surface area contributed by atoms with Gasteiger partial charge in [-0.2, -0.15) is 0 Å². The molecular weight excluding hydrogens is 178 g/mol. The summed E-state index contributed by atoms with van der Waals surface area (Å²) >= 11 is 0. The van der Waals surface area contributed by atoms with Crippen molar-refractivity contribution in [1.29, 1.82) is 0 Å². The average Bonchev–Trinajstić information content (AvgIpc) is 2.53. The van der Waals surface area contributed by atoms with Crippen LogP contribution in [-0.2, 0) is 4.79 Å². The molecule has 14 heavy (non-hydrogen) atoms. The summed E-state index contributed by atoms with van der Waals surface area (Å²) in [7, 11) is 0. The summed E-state index contributed by atoms with van der Waals surface area (Å²) in [6.07, 6.45) is 2.40. The Morgan fingerprint density at radius 1 is 1.64 bits per heavy atom. The van der Waals surface area contributed by atoms with Gasteiger partial charge in [-0.1, -0.05) is 0 Å². The van der Waals surface area contributed by atoms with Gasteiger partial charge >= 0.3 is 0 Å². The number of hydrogen-bond donors (Lipinski definition) is 2. The molecule has 1 fully saturated rings. The quantitative estimate of drug-likeness (QED) is 0.644. The van der Waals surface area contributed by atoms with Crippen molar-refractivity contribution in [1.82, 2.24) is 10.2 Å². The van der Waals surface area contributed by atoms with Crippen molar-refractivity contribution < 1.29 is 4.79 Å². The van der Waals surface area contributed by atoms with E-state index in [1.54, 1.807) is 6.92 Å². The summed E-state index contributed by atoms with van der Waals surface area (Å²) in [5.74, 6) is 0.833. The third-order valence-corrected chi connectivity index (χ3v) is 2.75. The zero-order valence-electron chi connectivity index (χ0n) is 8.96. The van der Waals surface area contributed by atoms with Gasteiger partial charge in [-0.3, -0.25) is 4.79 Å². The van der Waals surface area contributed by atoms with Gasteiger partial charge in [0.1, 0.15) is 0 Å². The minimum absolute atomic E-state index is 0.0581. The Labute approximate surface area is 85.8 Å². The molecule has 1 rings (SSSR count). The Bertz CT molecular complexity index is 184. The van der Waals surface area contributed by atoms with Crippen molar-refractivity contribution in [2.24, 2.45) is 11.7 Å². The molecule has 1 amide bonds. The summed E-state index contributed by atoms with van der Waals surface area (Å²) in [6.45, 7) is 6.40. The lowest BCUT2D eigenvalue weighted by Crippen LogP contribution is -2.32. The molecule has 0 bridgehead atoms. The molecule has 4 nitrogen and oxygen atoms in total. The second kappa shape index (κ2) is 5.98. The van der Waals surface area contributed by atoms with Crippen LogP contribution in [0.2, 0.25) is 0 Å². The van der Waals surface area contributed by atoms with Crippen LogP contribution in [0.4, 0.5) is 0 Å². The monoisotopic (exact) mass is 199 g/mol. The van der Waals surface area contributed by atoms with Gasteiger partial charge in [0, 0.05) is 26.6 Å². The van der Waals surface area contributed by atoms with Crippen molar-refractivity contribution in [3.05, 3.63) is 0 Å². The highest BCUT2D eigenvalue weighted by Crippen LogP contribution is 2.17. The maximum Gasteiger partial charge on any atom is 0.216 e. The van der Waals surface area contributed by atoms with E-state index in [0.717, 1.165) is 45.1 Å². The molecule has 1 saturated heterocycles. The highest BCUT2D eigenvalue weighted by molar-refractivity contribution is 5.72. The predicted molar refractivity (Wildman–Crippen MR) is 56.9 cm³/mol. The Morgan fingerprint density at radius 3 is 3.07 bits per heavy atom. The van der Waals surface area contributed by atoms with Gasteiger partial charge in [0.25, 0.3) is 0 Å². The standard InChI is InChI=1S/C10H21N3O/c1-9(14)12-5-7-13-6-3-10(8-13)2-4-11/h10H,2-8,11H2,1H3,(H,12,14). The number of amides is 1. The first kappa shape index (κ1) is 11.5. The van der Waals surface area contributed by atoms with E-state index in [9.17, 15) is 4.79 Å². The number of nitrogens with one attached hydrogen (secondary N) is 1. The fraction of sp³-hybridized carbons (Fsp3) is 0.900. The lowest BCUT2D eigenvalue weighted by Gasteiger charge is -2.15. The van der Waals surface area contributed by atoms with Crippen LogP contribution in [0.3, 0.4) is 0 Å². The van der Waals surface area contributed by atoms with E-state index in [4.69, 9.17) is 5.73 Å². The minimum Gasteiger partial charge on any atom is -0.355 e. The molecular formula is C10H21N3O. The molecule has 1 heterocycles. The largest absolute Gasteiger partial charge is 0.355 e. The SMILES string of the molecule is CC(=O)NCCN1CCC(CCN)C1. The van der Waals surface area contributed by atoms with Gasteiger partial charge in [-0.15, -0.1) is 0 Å². The van der Waals surface area contributed by atoms with E-state index in [0.29, 0.717) is 0 Å². The highest BCUT2D eigenvalue weighted by Gasteiger charge is 2.20. The Hall–Kier alpha value is -0.610. The van der Waals surface area contributed by atoms with Crippen molar-refractivity contribution in [2.45, 2.75) is 19.8 Å². The van der Waals surface area contributed by atoms with Gasteiger partial charge in [0.2, 0.25) is 5.91 Å². The number of rotatable bonds is 5. The maximum absolute atomic E-state index is 10.6. The molecule has 0 aliphatic carbocycles. The molecule has 1 aliphatic heterocycles. The highest BCUT2D eigenvalue weighted by atomic mass is 16.1. The zero-order valence-corrected chi connectivity index (χ0v) is 8.96. The Balaban J connectivity index is 2.07. The molecule has 0 aromatic carbocycles. The summed E-state index contributed by atoms with van der Waals surface area (Å²) in [4.78, 5) is 13.0. The molecule has 0 spiro atoms. The van der Waals surface area contributed by atoms with Crippen molar-refractivity contribution in [3.63, 3.8) is 0 Å². The molecule has 3 N–H and O–H groups in total. The first-order valence-corrected chi connectivity index (χ1v) is 5.39. The lowest BCUT2D eigenvalue weighted by molar-refractivity contribution is -0.119. The van der Waals surface area contributed by atoms with Crippen LogP contribution in [0.1, 0.15) is 19.8 Å². The molecule has 82 valence electrons. The Kier molecular flexibility index (Phi) is 4.90. The lowest BCUT2D eigenvalue weighted by atomic mass is 10.1. The van der Waals surface area contributed by atoms with Crippen molar-refractivity contribution in [2.75, 3.05) is 32.7 Å². The second-order valence-corrected chi connectivity index (χ2v) is 4.02. The van der Waals surface area contributed by atoms with Gasteiger partial charge in [0.15, 0.2) is 0 Å². The third kappa shape index (κ3) is 4.07. The molecule has 1 atom stereocenters. The summed E-state index contributed by atoms with van der Waals surface area (Å²) in [5.41, 5.74) is 5.52. The summed E-state index contributed by atoms with van der Waals surface area (Å²) in [6, 6.07) is 0. The van der Waals surface area contributed by atoms with Crippen LogP contribution in [0, 0.1) is 5.92 Å². The number of carbonyl (C=O) groups excluding carboxylic acids is 1. The van der Waals surface area contributed by atoms with E-state index < -0.39 is 0 Å². The van der Waals surface area contributed by atoms with Gasteiger partial charge in [0.05, 0.1) is 0 Å². The van der Waals surface area contributed by atoms with Crippen LogP contribution in [0.25, 0.3) is 0 Å². The van der Waals surface area contributed by atoms with Crippen molar-refractivity contribution in [3.8, 4) is 0 Å². The van der Waals surface area contributed by atoms with E-state index >= 15 is 0 Å². The van der Waals surface area contributed by atoms with Gasteiger partial charge in [-0.05, 0) is 31.8 Å². The molecule has 1 aliphatic rings. The van der Waals surface area contributed by atoms with Gasteiger partial charge in [-0.25, -0.2) is 0 Å². The number of nitrogens with two attached hydrogens (primary N) is 1. The van der Waals surface area contributed by atoms with E-state index in [1.165, 1.54) is 6.42 Å². The first-order chi connectivity index (χ1) is 6.72. The van der Waals surface area contributed by atoms with Crippen LogP contribution in [-0.4, -0.2) is 43.5 Å². The van der Waals surface area contributed by atoms with Crippen LogP contribution in [0.5, 0.6) is 0 Å². The number of likely N-dealkylation sites (tertiary alicyclic amines) is 1. The molecule has 0 radical (unpaired) electrons. The topological polar surface area (TPSA) is 58.4 Å².